The summed E-state index contributed by atoms with van der Waals surface area (Å²) in [6.45, 7) is 6.47. The van der Waals surface area contributed by atoms with Gasteiger partial charge in [-0.2, -0.15) is 0 Å². The van der Waals surface area contributed by atoms with Crippen LogP contribution in [0.1, 0.15) is 36.7 Å². The molecule has 0 aliphatic carbocycles. The van der Waals surface area contributed by atoms with Crippen molar-refractivity contribution in [2.24, 2.45) is 0 Å². The predicted molar refractivity (Wildman–Crippen MR) is 126 cm³/mol. The van der Waals surface area contributed by atoms with Crippen molar-refractivity contribution in [3.63, 3.8) is 0 Å². The van der Waals surface area contributed by atoms with Gasteiger partial charge in [0.1, 0.15) is 5.00 Å². The summed E-state index contributed by atoms with van der Waals surface area (Å²) in [4.78, 5) is 13.2. The smallest absolute Gasteiger partial charge is 0.340 e. The third-order valence-electron chi connectivity index (χ3n) is 4.41. The van der Waals surface area contributed by atoms with Gasteiger partial charge in [0, 0.05) is 10.6 Å². The van der Waals surface area contributed by atoms with Crippen LogP contribution in [0.4, 0.5) is 10.7 Å². The highest BCUT2D eigenvalue weighted by atomic mass is 32.1. The second kappa shape index (κ2) is 8.76. The number of anilines is 2. The number of ether oxygens (including phenoxy) is 1. The molecule has 0 unspecified atom stereocenters. The van der Waals surface area contributed by atoms with E-state index in [-0.39, 0.29) is 5.41 Å². The highest BCUT2D eigenvalue weighted by Crippen LogP contribution is 2.36. The average molecular weight is 425 g/mol. The van der Waals surface area contributed by atoms with Gasteiger partial charge in [0.05, 0.1) is 12.7 Å². The van der Waals surface area contributed by atoms with Crippen LogP contribution in [-0.2, 0) is 10.2 Å². The van der Waals surface area contributed by atoms with Gasteiger partial charge in [-0.05, 0) is 40.9 Å². The lowest BCUT2D eigenvalue weighted by molar-refractivity contribution is 0.0602. The Kier molecular flexibility index (Phi) is 6.35. The first-order valence-electron chi connectivity index (χ1n) is 9.24. The van der Waals surface area contributed by atoms with Crippen molar-refractivity contribution >= 4 is 45.3 Å². The Morgan fingerprint density at radius 2 is 1.66 bits per heavy atom. The Morgan fingerprint density at radius 1 is 1.00 bits per heavy atom. The Morgan fingerprint density at radius 3 is 2.31 bits per heavy atom. The van der Waals surface area contributed by atoms with Gasteiger partial charge in [-0.25, -0.2) is 4.79 Å². The predicted octanol–water partition coefficient (Wildman–Crippen LogP) is 6.31. The molecule has 29 heavy (non-hydrogen) atoms. The first-order valence-corrected chi connectivity index (χ1v) is 10.5. The molecule has 0 spiro atoms. The number of nitrogens with one attached hydrogen (secondary N) is 2. The fourth-order valence-corrected chi connectivity index (χ4v) is 4.33. The first kappa shape index (κ1) is 21.0. The van der Waals surface area contributed by atoms with Crippen LogP contribution < -0.4 is 10.6 Å². The minimum absolute atomic E-state index is 0.0280. The number of hydrogen-bond donors (Lipinski definition) is 2. The Balaban J connectivity index is 1.87. The number of carbonyl (C=O) groups is 1. The van der Waals surface area contributed by atoms with Crippen molar-refractivity contribution in [3.8, 4) is 10.4 Å². The van der Waals surface area contributed by atoms with E-state index in [0.717, 1.165) is 21.7 Å². The molecule has 0 saturated carbocycles. The van der Waals surface area contributed by atoms with Crippen molar-refractivity contribution in [1.29, 1.82) is 0 Å². The molecule has 0 radical (unpaired) electrons. The maximum absolute atomic E-state index is 12.3. The normalized spacial score (nSPS) is 11.0. The van der Waals surface area contributed by atoms with Crippen LogP contribution in [0, 0.1) is 0 Å². The highest BCUT2D eigenvalue weighted by molar-refractivity contribution is 7.80. The lowest BCUT2D eigenvalue weighted by Crippen LogP contribution is -2.23. The molecule has 4 nitrogen and oxygen atoms in total. The molecule has 1 aromatic heterocycles. The minimum atomic E-state index is -0.399. The van der Waals surface area contributed by atoms with Gasteiger partial charge in [0.15, 0.2) is 5.11 Å². The second-order valence-electron chi connectivity index (χ2n) is 7.59. The Labute approximate surface area is 180 Å². The molecule has 0 aliphatic heterocycles. The van der Waals surface area contributed by atoms with E-state index in [4.69, 9.17) is 17.0 Å². The van der Waals surface area contributed by atoms with Crippen LogP contribution in [0.15, 0.2) is 60.7 Å². The number of esters is 1. The summed E-state index contributed by atoms with van der Waals surface area (Å²) in [5.41, 5.74) is 3.57. The van der Waals surface area contributed by atoms with Crippen molar-refractivity contribution in [1.82, 2.24) is 0 Å². The van der Waals surface area contributed by atoms with E-state index in [0.29, 0.717) is 15.7 Å². The van der Waals surface area contributed by atoms with Crippen molar-refractivity contribution < 1.29 is 9.53 Å². The van der Waals surface area contributed by atoms with E-state index in [9.17, 15) is 4.79 Å². The monoisotopic (exact) mass is 424 g/mol. The molecule has 150 valence electrons. The largest absolute Gasteiger partial charge is 0.465 e. The van der Waals surface area contributed by atoms with E-state index >= 15 is 0 Å². The lowest BCUT2D eigenvalue weighted by Gasteiger charge is -2.23. The molecule has 0 bridgehead atoms. The topological polar surface area (TPSA) is 50.4 Å². The van der Waals surface area contributed by atoms with Crippen LogP contribution in [0.3, 0.4) is 0 Å². The molecule has 3 rings (SSSR count). The van der Waals surface area contributed by atoms with Crippen molar-refractivity contribution in [2.45, 2.75) is 26.2 Å². The van der Waals surface area contributed by atoms with Gasteiger partial charge in [-0.1, -0.05) is 69.3 Å². The van der Waals surface area contributed by atoms with Crippen LogP contribution in [0.5, 0.6) is 0 Å². The summed E-state index contributed by atoms with van der Waals surface area (Å²) >= 11 is 7.01. The van der Waals surface area contributed by atoms with Crippen LogP contribution in [-0.4, -0.2) is 18.2 Å². The molecule has 0 amide bonds. The summed E-state index contributed by atoms with van der Waals surface area (Å²) in [6.07, 6.45) is 0. The van der Waals surface area contributed by atoms with Crippen LogP contribution in [0.25, 0.3) is 10.4 Å². The summed E-state index contributed by atoms with van der Waals surface area (Å²) in [6, 6.07) is 19.8. The molecule has 0 aliphatic rings. The van der Waals surface area contributed by atoms with Gasteiger partial charge in [-0.3, -0.25) is 0 Å². The van der Waals surface area contributed by atoms with E-state index in [1.165, 1.54) is 18.4 Å². The number of hydrogen-bond acceptors (Lipinski definition) is 4. The molecule has 2 aromatic carbocycles. The maximum Gasteiger partial charge on any atom is 0.340 e. The van der Waals surface area contributed by atoms with E-state index in [1.54, 1.807) is 0 Å². The number of benzene rings is 2. The molecule has 1 heterocycles. The van der Waals surface area contributed by atoms with Gasteiger partial charge < -0.3 is 15.4 Å². The SMILES string of the molecule is COC(=O)c1cc(-c2ccccc2)sc1NC(=S)Nc1ccccc1C(C)(C)C. The molecule has 0 atom stereocenters. The minimum Gasteiger partial charge on any atom is -0.465 e. The van der Waals surface area contributed by atoms with Gasteiger partial charge in [0.25, 0.3) is 0 Å². The molecule has 0 saturated heterocycles. The Hall–Kier alpha value is -2.70. The summed E-state index contributed by atoms with van der Waals surface area (Å²) in [7, 11) is 1.38. The number of methoxy groups -OCH3 is 1. The molecular weight excluding hydrogens is 400 g/mol. The second-order valence-corrected chi connectivity index (χ2v) is 9.05. The maximum atomic E-state index is 12.3. The van der Waals surface area contributed by atoms with E-state index in [2.05, 4.69) is 37.5 Å². The van der Waals surface area contributed by atoms with Gasteiger partial charge >= 0.3 is 5.97 Å². The fourth-order valence-electron chi connectivity index (χ4n) is 2.99. The molecule has 6 heteroatoms. The number of carbonyl (C=O) groups excluding carboxylic acids is 1. The number of thiocarbonyl (C=S) groups is 1. The standard InChI is InChI=1S/C23H24N2O2S2/c1-23(2,3)17-12-8-9-13-18(17)24-22(28)25-20-16(21(26)27-4)14-19(29-20)15-10-6-5-7-11-15/h5-14H,1-4H3,(H2,24,25,28). The average Bonchev–Trinajstić information content (AvgIpc) is 3.11. The quantitative estimate of drug-likeness (QED) is 0.380. The zero-order valence-corrected chi connectivity index (χ0v) is 18.5. The highest BCUT2D eigenvalue weighted by Gasteiger charge is 2.20. The van der Waals surface area contributed by atoms with Crippen molar-refractivity contribution in [2.75, 3.05) is 17.7 Å². The zero-order valence-electron chi connectivity index (χ0n) is 16.9. The summed E-state index contributed by atoms with van der Waals surface area (Å²) in [5, 5.41) is 7.53. The van der Waals surface area contributed by atoms with Crippen molar-refractivity contribution in [3.05, 3.63) is 71.8 Å². The lowest BCUT2D eigenvalue weighted by atomic mass is 9.86. The van der Waals surface area contributed by atoms with Crippen LogP contribution >= 0.6 is 23.6 Å². The fraction of sp³-hybridized carbons (Fsp3) is 0.217. The van der Waals surface area contributed by atoms with E-state index in [1.807, 2.05) is 54.6 Å². The number of rotatable bonds is 4. The molecule has 0 fully saturated rings. The number of thiophene rings is 1. The molecular formula is C23H24N2O2S2. The number of para-hydroxylation sites is 1. The summed E-state index contributed by atoms with van der Waals surface area (Å²) in [5.74, 6) is -0.399. The van der Waals surface area contributed by atoms with Gasteiger partial charge in [0.2, 0.25) is 0 Å². The third kappa shape index (κ3) is 5.02. The Bertz CT molecular complexity index is 1020. The molecule has 2 N–H and O–H groups in total. The van der Waals surface area contributed by atoms with E-state index < -0.39 is 5.97 Å². The zero-order chi connectivity index (χ0) is 21.0. The summed E-state index contributed by atoms with van der Waals surface area (Å²) < 4.78 is 4.95. The third-order valence-corrected chi connectivity index (χ3v) is 5.71. The first-order chi connectivity index (χ1) is 13.8. The van der Waals surface area contributed by atoms with Crippen LogP contribution in [0.2, 0.25) is 0 Å². The van der Waals surface area contributed by atoms with Gasteiger partial charge in [-0.15, -0.1) is 11.3 Å². The molecule has 3 aromatic rings.